The van der Waals surface area contributed by atoms with E-state index in [9.17, 15) is 0 Å². The lowest BCUT2D eigenvalue weighted by Gasteiger charge is -2.26. The maximum Gasteiger partial charge on any atom is 0.127 e. The summed E-state index contributed by atoms with van der Waals surface area (Å²) < 4.78 is 5.73. The van der Waals surface area contributed by atoms with Gasteiger partial charge in [-0.05, 0) is 31.5 Å². The molecule has 0 spiro atoms. The maximum atomic E-state index is 6.17. The first-order chi connectivity index (χ1) is 8.61. The van der Waals surface area contributed by atoms with Gasteiger partial charge in [-0.3, -0.25) is 4.90 Å². The van der Waals surface area contributed by atoms with Crippen molar-refractivity contribution in [2.24, 2.45) is 0 Å². The van der Waals surface area contributed by atoms with Gasteiger partial charge in [0.1, 0.15) is 5.75 Å². The Hall–Kier alpha value is -0.440. The highest BCUT2D eigenvalue weighted by molar-refractivity contribution is 6.30. The van der Waals surface area contributed by atoms with Crippen LogP contribution >= 0.6 is 23.2 Å². The summed E-state index contributed by atoms with van der Waals surface area (Å²) >= 11 is 12.0. The van der Waals surface area contributed by atoms with Crippen LogP contribution in [-0.2, 0) is 13.0 Å². The van der Waals surface area contributed by atoms with Gasteiger partial charge in [-0.2, -0.15) is 0 Å². The Morgan fingerprint density at radius 3 is 2.83 bits per heavy atom. The normalized spacial score (nSPS) is 14.1. The van der Waals surface area contributed by atoms with Gasteiger partial charge >= 0.3 is 0 Å². The number of alkyl halides is 1. The Labute approximate surface area is 119 Å². The van der Waals surface area contributed by atoms with Gasteiger partial charge in [0.25, 0.3) is 0 Å². The number of hydrogen-bond acceptors (Lipinski definition) is 2. The van der Waals surface area contributed by atoms with E-state index in [1.165, 1.54) is 11.1 Å². The summed E-state index contributed by atoms with van der Waals surface area (Å²) in [6, 6.07) is 4.48. The smallest absolute Gasteiger partial charge is 0.127 e. The van der Waals surface area contributed by atoms with Crippen LogP contribution in [0.5, 0.6) is 5.75 Å². The highest BCUT2D eigenvalue weighted by Gasteiger charge is 2.20. The molecule has 1 aliphatic heterocycles. The van der Waals surface area contributed by atoms with Crippen LogP contribution in [0.1, 0.15) is 25.0 Å². The minimum Gasteiger partial charge on any atom is -0.493 e. The number of fused-ring (bicyclic) bond motifs is 1. The van der Waals surface area contributed by atoms with Crippen LogP contribution in [-0.4, -0.2) is 30.0 Å². The highest BCUT2D eigenvalue weighted by atomic mass is 35.5. The van der Waals surface area contributed by atoms with Crippen molar-refractivity contribution in [3.05, 3.63) is 28.3 Å². The summed E-state index contributed by atoms with van der Waals surface area (Å²) in [7, 11) is 0. The Balaban J connectivity index is 2.22. The molecule has 0 aromatic heterocycles. The zero-order valence-corrected chi connectivity index (χ0v) is 12.4. The van der Waals surface area contributed by atoms with Crippen molar-refractivity contribution in [1.29, 1.82) is 0 Å². The number of ether oxygens (including phenoxy) is 1. The van der Waals surface area contributed by atoms with E-state index >= 15 is 0 Å². The molecule has 0 atom stereocenters. The van der Waals surface area contributed by atoms with Crippen molar-refractivity contribution in [1.82, 2.24) is 4.90 Å². The fraction of sp³-hybridized carbons (Fsp3) is 0.571. The number of halogens is 2. The van der Waals surface area contributed by atoms with Crippen LogP contribution in [0.3, 0.4) is 0 Å². The highest BCUT2D eigenvalue weighted by Crippen LogP contribution is 2.33. The van der Waals surface area contributed by atoms with Gasteiger partial charge in [-0.25, -0.2) is 0 Å². The molecule has 4 heteroatoms. The summed E-state index contributed by atoms with van der Waals surface area (Å²) in [5.74, 6) is 1.67. The Bertz CT molecular complexity index is 421. The van der Waals surface area contributed by atoms with Gasteiger partial charge in [-0.1, -0.05) is 11.6 Å². The van der Waals surface area contributed by atoms with Gasteiger partial charge in [0, 0.05) is 42.0 Å². The lowest BCUT2D eigenvalue weighted by atomic mass is 10.1. The summed E-state index contributed by atoms with van der Waals surface area (Å²) in [5.41, 5.74) is 2.40. The molecule has 0 radical (unpaired) electrons. The molecule has 0 bridgehead atoms. The van der Waals surface area contributed by atoms with E-state index in [1.807, 2.05) is 12.1 Å². The monoisotopic (exact) mass is 287 g/mol. The molecule has 0 fully saturated rings. The van der Waals surface area contributed by atoms with Crippen molar-refractivity contribution in [3.63, 3.8) is 0 Å². The molecule has 18 heavy (non-hydrogen) atoms. The second-order valence-corrected chi connectivity index (χ2v) is 5.72. The van der Waals surface area contributed by atoms with E-state index in [-0.39, 0.29) is 0 Å². The third kappa shape index (κ3) is 3.11. The fourth-order valence-corrected chi connectivity index (χ4v) is 2.79. The number of rotatable bonds is 5. The van der Waals surface area contributed by atoms with E-state index in [0.29, 0.717) is 11.9 Å². The first-order valence-corrected chi connectivity index (χ1v) is 7.27. The molecule has 1 aromatic rings. The predicted molar refractivity (Wildman–Crippen MR) is 76.9 cm³/mol. The lowest BCUT2D eigenvalue weighted by molar-refractivity contribution is 0.222. The molecular weight excluding hydrogens is 269 g/mol. The minimum atomic E-state index is 0.458. The predicted octanol–water partition coefficient (Wildman–Crippen LogP) is 3.72. The molecule has 1 aromatic carbocycles. The largest absolute Gasteiger partial charge is 0.493 e. The minimum absolute atomic E-state index is 0.458. The fourth-order valence-electron chi connectivity index (χ4n) is 2.31. The molecule has 0 N–H and O–H groups in total. The van der Waals surface area contributed by atoms with Gasteiger partial charge in [0.05, 0.1) is 6.61 Å². The molecule has 0 amide bonds. The molecule has 1 heterocycles. The van der Waals surface area contributed by atoms with Crippen molar-refractivity contribution in [2.45, 2.75) is 32.9 Å². The number of nitrogens with zero attached hydrogens (tertiary/aromatic N) is 1. The topological polar surface area (TPSA) is 12.5 Å². The quantitative estimate of drug-likeness (QED) is 0.766. The van der Waals surface area contributed by atoms with E-state index in [1.54, 1.807) is 0 Å². The van der Waals surface area contributed by atoms with E-state index in [2.05, 4.69) is 18.7 Å². The van der Waals surface area contributed by atoms with Crippen LogP contribution in [0.25, 0.3) is 0 Å². The maximum absolute atomic E-state index is 6.17. The molecule has 0 unspecified atom stereocenters. The lowest BCUT2D eigenvalue weighted by Crippen LogP contribution is -2.32. The molecule has 0 saturated carbocycles. The van der Waals surface area contributed by atoms with Crippen molar-refractivity contribution >= 4 is 23.2 Å². The van der Waals surface area contributed by atoms with Crippen LogP contribution < -0.4 is 4.74 Å². The molecular formula is C14H19Cl2NO. The van der Waals surface area contributed by atoms with Crippen LogP contribution in [0, 0.1) is 0 Å². The molecule has 2 rings (SSSR count). The Morgan fingerprint density at radius 1 is 1.39 bits per heavy atom. The molecule has 1 aliphatic rings. The standard InChI is InChI=1S/C14H19Cl2NO/c1-10(2)17(5-4-15)9-12-8-13(16)7-11-3-6-18-14(11)12/h7-8,10H,3-6,9H2,1-2H3. The van der Waals surface area contributed by atoms with Crippen molar-refractivity contribution < 1.29 is 4.74 Å². The summed E-state index contributed by atoms with van der Waals surface area (Å²) in [6.45, 7) is 6.84. The zero-order chi connectivity index (χ0) is 13.1. The first-order valence-electron chi connectivity index (χ1n) is 6.36. The van der Waals surface area contributed by atoms with Gasteiger partial charge in [-0.15, -0.1) is 11.6 Å². The molecule has 2 nitrogen and oxygen atoms in total. The van der Waals surface area contributed by atoms with Crippen molar-refractivity contribution in [2.75, 3.05) is 19.0 Å². The van der Waals surface area contributed by atoms with Crippen LogP contribution in [0.4, 0.5) is 0 Å². The Kier molecular flexibility index (Phi) is 4.77. The second kappa shape index (κ2) is 6.14. The third-order valence-corrected chi connectivity index (χ3v) is 3.69. The number of hydrogen-bond donors (Lipinski definition) is 0. The van der Waals surface area contributed by atoms with Crippen LogP contribution in [0.15, 0.2) is 12.1 Å². The summed E-state index contributed by atoms with van der Waals surface area (Å²) in [4.78, 5) is 2.33. The average Bonchev–Trinajstić information content (AvgIpc) is 2.76. The van der Waals surface area contributed by atoms with E-state index in [0.717, 1.165) is 36.9 Å². The van der Waals surface area contributed by atoms with Crippen LogP contribution in [0.2, 0.25) is 5.02 Å². The second-order valence-electron chi connectivity index (χ2n) is 4.90. The average molecular weight is 288 g/mol. The molecule has 100 valence electrons. The summed E-state index contributed by atoms with van der Waals surface area (Å²) in [6.07, 6.45) is 0.958. The zero-order valence-electron chi connectivity index (χ0n) is 10.9. The molecule has 0 aliphatic carbocycles. The number of benzene rings is 1. The first kappa shape index (κ1) is 14.0. The van der Waals surface area contributed by atoms with Gasteiger partial charge < -0.3 is 4.74 Å². The van der Waals surface area contributed by atoms with E-state index in [4.69, 9.17) is 27.9 Å². The van der Waals surface area contributed by atoms with Crippen molar-refractivity contribution in [3.8, 4) is 5.75 Å². The third-order valence-electron chi connectivity index (χ3n) is 3.30. The van der Waals surface area contributed by atoms with E-state index < -0.39 is 0 Å². The summed E-state index contributed by atoms with van der Waals surface area (Å²) in [5, 5.41) is 0.795. The SMILES string of the molecule is CC(C)N(CCCl)Cc1cc(Cl)cc2c1OCC2. The molecule has 0 saturated heterocycles. The van der Waals surface area contributed by atoms with Gasteiger partial charge in [0.2, 0.25) is 0 Å². The Morgan fingerprint density at radius 2 is 2.17 bits per heavy atom. The van der Waals surface area contributed by atoms with Gasteiger partial charge in [0.15, 0.2) is 0 Å².